The molecule has 0 aliphatic rings. The van der Waals surface area contributed by atoms with E-state index in [1.54, 1.807) is 0 Å². The number of halogens is 2. The van der Waals surface area contributed by atoms with Crippen molar-refractivity contribution >= 4 is 17.5 Å². The molecule has 1 aromatic carbocycles. The first-order valence-corrected chi connectivity index (χ1v) is 5.36. The first kappa shape index (κ1) is 12.8. The number of amides is 1. The van der Waals surface area contributed by atoms with E-state index in [4.69, 9.17) is 16.3 Å². The van der Waals surface area contributed by atoms with Crippen molar-refractivity contribution in [2.75, 3.05) is 13.2 Å². The molecule has 0 fully saturated rings. The summed E-state index contributed by atoms with van der Waals surface area (Å²) in [5, 5.41) is 2.81. The zero-order valence-electron chi connectivity index (χ0n) is 8.93. The molecule has 1 aromatic rings. The lowest BCUT2D eigenvalue weighted by molar-refractivity contribution is -0.123. The molecule has 1 rings (SSSR count). The van der Waals surface area contributed by atoms with Crippen molar-refractivity contribution in [1.29, 1.82) is 0 Å². The Morgan fingerprint density at radius 2 is 2.31 bits per heavy atom. The Bertz CT molecular complexity index is 371. The molecule has 1 N–H and O–H groups in total. The highest BCUT2D eigenvalue weighted by Crippen LogP contribution is 2.24. The van der Waals surface area contributed by atoms with Crippen molar-refractivity contribution in [2.45, 2.75) is 13.3 Å². The third-order valence-electron chi connectivity index (χ3n) is 1.82. The van der Waals surface area contributed by atoms with Gasteiger partial charge in [-0.15, -0.1) is 0 Å². The van der Waals surface area contributed by atoms with Crippen LogP contribution in [0.3, 0.4) is 0 Å². The van der Waals surface area contributed by atoms with E-state index in [0.717, 1.165) is 12.5 Å². The maximum Gasteiger partial charge on any atom is 0.257 e. The molecule has 0 spiro atoms. The summed E-state index contributed by atoms with van der Waals surface area (Å²) in [7, 11) is 0. The van der Waals surface area contributed by atoms with E-state index in [-0.39, 0.29) is 17.5 Å². The van der Waals surface area contributed by atoms with Crippen LogP contribution in [0.1, 0.15) is 13.3 Å². The summed E-state index contributed by atoms with van der Waals surface area (Å²) < 4.78 is 17.8. The summed E-state index contributed by atoms with van der Waals surface area (Å²) in [6.07, 6.45) is 0.864. The van der Waals surface area contributed by atoms with Crippen LogP contribution in [0.4, 0.5) is 4.39 Å². The second-order valence-electron chi connectivity index (χ2n) is 3.21. The van der Waals surface area contributed by atoms with E-state index in [1.807, 2.05) is 6.92 Å². The Morgan fingerprint density at radius 3 is 2.94 bits per heavy atom. The van der Waals surface area contributed by atoms with Gasteiger partial charge in [0.1, 0.15) is 11.6 Å². The predicted octanol–water partition coefficient (Wildman–Crippen LogP) is 2.38. The highest BCUT2D eigenvalue weighted by molar-refractivity contribution is 6.32. The quantitative estimate of drug-likeness (QED) is 0.865. The highest BCUT2D eigenvalue weighted by atomic mass is 35.5. The molecular formula is C11H13ClFNO2. The van der Waals surface area contributed by atoms with Crippen molar-refractivity contribution in [1.82, 2.24) is 5.32 Å². The van der Waals surface area contributed by atoms with Crippen LogP contribution in [-0.2, 0) is 4.79 Å². The van der Waals surface area contributed by atoms with Crippen molar-refractivity contribution in [2.24, 2.45) is 0 Å². The topological polar surface area (TPSA) is 38.3 Å². The van der Waals surface area contributed by atoms with E-state index < -0.39 is 5.82 Å². The average molecular weight is 246 g/mol. The van der Waals surface area contributed by atoms with Gasteiger partial charge in [0, 0.05) is 6.54 Å². The van der Waals surface area contributed by atoms with Crippen LogP contribution in [0.25, 0.3) is 0 Å². The molecule has 5 heteroatoms. The number of hydrogen-bond acceptors (Lipinski definition) is 2. The van der Waals surface area contributed by atoms with Crippen molar-refractivity contribution in [3.8, 4) is 5.75 Å². The summed E-state index contributed by atoms with van der Waals surface area (Å²) >= 11 is 5.72. The molecule has 0 aliphatic carbocycles. The Balaban J connectivity index is 2.45. The van der Waals surface area contributed by atoms with Gasteiger partial charge in [0.15, 0.2) is 6.61 Å². The molecule has 0 bridgehead atoms. The third kappa shape index (κ3) is 4.06. The number of carbonyl (C=O) groups excluding carboxylic acids is 1. The minimum absolute atomic E-state index is 0.120. The van der Waals surface area contributed by atoms with Gasteiger partial charge in [-0.2, -0.15) is 0 Å². The normalized spacial score (nSPS) is 9.94. The summed E-state index contributed by atoms with van der Waals surface area (Å²) in [6.45, 7) is 2.45. The van der Waals surface area contributed by atoms with Gasteiger partial charge in [0.2, 0.25) is 0 Å². The van der Waals surface area contributed by atoms with Crippen LogP contribution >= 0.6 is 11.6 Å². The van der Waals surface area contributed by atoms with E-state index >= 15 is 0 Å². The average Bonchev–Trinajstić information content (AvgIpc) is 2.25. The monoisotopic (exact) mass is 245 g/mol. The molecule has 0 heterocycles. The molecule has 0 atom stereocenters. The lowest BCUT2D eigenvalue weighted by atomic mass is 10.3. The smallest absolute Gasteiger partial charge is 0.257 e. The van der Waals surface area contributed by atoms with Gasteiger partial charge in [-0.25, -0.2) is 4.39 Å². The van der Waals surface area contributed by atoms with Crippen LogP contribution < -0.4 is 10.1 Å². The SMILES string of the molecule is CCCNC(=O)COc1ccc(F)cc1Cl. The zero-order chi connectivity index (χ0) is 12.0. The van der Waals surface area contributed by atoms with Gasteiger partial charge in [0.05, 0.1) is 5.02 Å². The second kappa shape index (κ2) is 6.33. The first-order chi connectivity index (χ1) is 7.63. The number of hydrogen-bond donors (Lipinski definition) is 1. The van der Waals surface area contributed by atoms with Gasteiger partial charge >= 0.3 is 0 Å². The molecule has 0 saturated heterocycles. The number of carbonyl (C=O) groups is 1. The molecule has 0 aromatic heterocycles. The minimum Gasteiger partial charge on any atom is -0.482 e. The fraction of sp³-hybridized carbons (Fsp3) is 0.364. The Labute approximate surface area is 98.5 Å². The predicted molar refractivity (Wildman–Crippen MR) is 60.2 cm³/mol. The van der Waals surface area contributed by atoms with E-state index in [2.05, 4.69) is 5.32 Å². The van der Waals surface area contributed by atoms with Crippen LogP contribution in [0.15, 0.2) is 18.2 Å². The molecule has 0 unspecified atom stereocenters. The van der Waals surface area contributed by atoms with Gasteiger partial charge in [-0.3, -0.25) is 4.79 Å². The van der Waals surface area contributed by atoms with Gasteiger partial charge in [-0.1, -0.05) is 18.5 Å². The number of benzene rings is 1. The van der Waals surface area contributed by atoms with E-state index in [9.17, 15) is 9.18 Å². The summed E-state index contributed by atoms with van der Waals surface area (Å²) in [5.41, 5.74) is 0. The summed E-state index contributed by atoms with van der Waals surface area (Å²) in [5.74, 6) is -0.357. The minimum atomic E-state index is -0.437. The van der Waals surface area contributed by atoms with Gasteiger partial charge in [-0.05, 0) is 24.6 Å². The maximum absolute atomic E-state index is 12.7. The van der Waals surface area contributed by atoms with Gasteiger partial charge < -0.3 is 10.1 Å². The number of nitrogens with one attached hydrogen (secondary N) is 1. The summed E-state index contributed by atoms with van der Waals surface area (Å²) in [4.78, 5) is 11.2. The molecule has 1 amide bonds. The van der Waals surface area contributed by atoms with Crippen molar-refractivity contribution < 1.29 is 13.9 Å². The van der Waals surface area contributed by atoms with Crippen LogP contribution in [0.5, 0.6) is 5.75 Å². The van der Waals surface area contributed by atoms with Crippen molar-refractivity contribution in [3.05, 3.63) is 29.0 Å². The van der Waals surface area contributed by atoms with Crippen LogP contribution in [0.2, 0.25) is 5.02 Å². The third-order valence-corrected chi connectivity index (χ3v) is 2.12. The second-order valence-corrected chi connectivity index (χ2v) is 3.62. The molecule has 0 saturated carbocycles. The molecule has 0 aliphatic heterocycles. The lowest BCUT2D eigenvalue weighted by Crippen LogP contribution is -2.29. The molecule has 16 heavy (non-hydrogen) atoms. The van der Waals surface area contributed by atoms with Crippen LogP contribution in [0, 0.1) is 5.82 Å². The lowest BCUT2D eigenvalue weighted by Gasteiger charge is -2.07. The van der Waals surface area contributed by atoms with E-state index in [0.29, 0.717) is 12.3 Å². The van der Waals surface area contributed by atoms with Crippen molar-refractivity contribution in [3.63, 3.8) is 0 Å². The standard InChI is InChI=1S/C11H13ClFNO2/c1-2-5-14-11(15)7-16-10-4-3-8(13)6-9(10)12/h3-4,6H,2,5,7H2,1H3,(H,14,15). The van der Waals surface area contributed by atoms with Crippen LogP contribution in [-0.4, -0.2) is 19.1 Å². The van der Waals surface area contributed by atoms with E-state index in [1.165, 1.54) is 12.1 Å². The largest absolute Gasteiger partial charge is 0.482 e. The molecular weight excluding hydrogens is 233 g/mol. The highest BCUT2D eigenvalue weighted by Gasteiger charge is 2.05. The maximum atomic E-state index is 12.7. The molecule has 3 nitrogen and oxygen atoms in total. The summed E-state index contributed by atoms with van der Waals surface area (Å²) in [6, 6.07) is 3.76. The zero-order valence-corrected chi connectivity index (χ0v) is 9.68. The fourth-order valence-corrected chi connectivity index (χ4v) is 1.27. The number of rotatable bonds is 5. The fourth-order valence-electron chi connectivity index (χ4n) is 1.05. The first-order valence-electron chi connectivity index (χ1n) is 4.98. The number of ether oxygens (including phenoxy) is 1. The molecule has 0 radical (unpaired) electrons. The Hall–Kier alpha value is -1.29. The van der Waals surface area contributed by atoms with Gasteiger partial charge in [0.25, 0.3) is 5.91 Å². The Morgan fingerprint density at radius 1 is 1.56 bits per heavy atom. The molecule has 88 valence electrons. The Kier molecular flexibility index (Phi) is 5.05.